The largest absolute Gasteiger partial charge is 0.352 e. The summed E-state index contributed by atoms with van der Waals surface area (Å²) in [6.07, 6.45) is 8.87. The molecule has 1 aliphatic carbocycles. The summed E-state index contributed by atoms with van der Waals surface area (Å²) in [4.78, 5) is 11.8. The van der Waals surface area contributed by atoms with E-state index in [9.17, 15) is 9.18 Å². The van der Waals surface area contributed by atoms with Crippen LogP contribution in [0.1, 0.15) is 55.3 Å². The van der Waals surface area contributed by atoms with Gasteiger partial charge in [-0.25, -0.2) is 4.39 Å². The van der Waals surface area contributed by atoms with Gasteiger partial charge < -0.3 is 5.32 Å². The molecule has 0 unspecified atom stereocenters. The molecule has 0 aromatic heterocycles. The molecule has 2 rings (SSSR count). The molecule has 1 aliphatic rings. The molecule has 1 aromatic rings. The van der Waals surface area contributed by atoms with Gasteiger partial charge in [0.05, 0.1) is 5.56 Å². The average molecular weight is 263 g/mol. The fraction of sp³-hybridized carbons (Fsp3) is 0.562. The minimum absolute atomic E-state index is 0.142. The first-order valence-corrected chi connectivity index (χ1v) is 7.30. The lowest BCUT2D eigenvalue weighted by Gasteiger charge is -2.14. The molecule has 2 nitrogen and oxygen atoms in total. The number of carbonyl (C=O) groups excluding carboxylic acids is 1. The van der Waals surface area contributed by atoms with E-state index in [1.807, 2.05) is 0 Å². The molecular formula is C16H22FNO. The van der Waals surface area contributed by atoms with Gasteiger partial charge in [-0.15, -0.1) is 0 Å². The molecule has 104 valence electrons. The summed E-state index contributed by atoms with van der Waals surface area (Å²) in [6.45, 7) is 0.651. The Bertz CT molecular complexity index is 411. The van der Waals surface area contributed by atoms with E-state index in [-0.39, 0.29) is 11.5 Å². The van der Waals surface area contributed by atoms with Crippen molar-refractivity contribution in [2.75, 3.05) is 6.54 Å². The SMILES string of the molecule is O=C(NCCC1CCCCCC1)c1ccccc1F. The van der Waals surface area contributed by atoms with Gasteiger partial charge in [-0.3, -0.25) is 4.79 Å². The topological polar surface area (TPSA) is 29.1 Å². The van der Waals surface area contributed by atoms with Crippen LogP contribution in [0.4, 0.5) is 4.39 Å². The second-order valence-electron chi connectivity index (χ2n) is 5.38. The summed E-state index contributed by atoms with van der Waals surface area (Å²) in [5, 5.41) is 2.83. The van der Waals surface area contributed by atoms with E-state index in [1.165, 1.54) is 50.7 Å². The van der Waals surface area contributed by atoms with Crippen molar-refractivity contribution in [3.8, 4) is 0 Å². The first kappa shape index (κ1) is 14.0. The third-order valence-corrected chi connectivity index (χ3v) is 3.93. The van der Waals surface area contributed by atoms with E-state index in [0.29, 0.717) is 6.54 Å². The summed E-state index contributed by atoms with van der Waals surface area (Å²) in [5.41, 5.74) is 0.142. The quantitative estimate of drug-likeness (QED) is 0.820. The van der Waals surface area contributed by atoms with Crippen molar-refractivity contribution < 1.29 is 9.18 Å². The van der Waals surface area contributed by atoms with Crippen molar-refractivity contribution in [3.63, 3.8) is 0 Å². The van der Waals surface area contributed by atoms with Crippen LogP contribution in [0.2, 0.25) is 0 Å². The first-order valence-electron chi connectivity index (χ1n) is 7.30. The van der Waals surface area contributed by atoms with Crippen LogP contribution in [0, 0.1) is 11.7 Å². The Balaban J connectivity index is 1.76. The first-order chi connectivity index (χ1) is 9.27. The Morgan fingerprint density at radius 2 is 1.84 bits per heavy atom. The van der Waals surface area contributed by atoms with Crippen molar-refractivity contribution in [1.29, 1.82) is 0 Å². The standard InChI is InChI=1S/C16H22FNO/c17-15-10-6-5-9-14(15)16(19)18-12-11-13-7-3-1-2-4-8-13/h5-6,9-10,13H,1-4,7-8,11-12H2,(H,18,19). The second kappa shape index (κ2) is 7.27. The zero-order valence-corrected chi connectivity index (χ0v) is 11.3. The van der Waals surface area contributed by atoms with Crippen LogP contribution >= 0.6 is 0 Å². The van der Waals surface area contributed by atoms with Crippen LogP contribution < -0.4 is 5.32 Å². The second-order valence-corrected chi connectivity index (χ2v) is 5.38. The smallest absolute Gasteiger partial charge is 0.254 e. The maximum Gasteiger partial charge on any atom is 0.254 e. The maximum atomic E-state index is 13.4. The van der Waals surface area contributed by atoms with Crippen LogP contribution in [0.25, 0.3) is 0 Å². The molecule has 0 spiro atoms. The van der Waals surface area contributed by atoms with E-state index in [0.717, 1.165) is 12.3 Å². The van der Waals surface area contributed by atoms with Crippen molar-refractivity contribution in [2.24, 2.45) is 5.92 Å². The molecule has 1 amide bonds. The minimum atomic E-state index is -0.450. The molecule has 0 atom stereocenters. The Kier molecular flexibility index (Phi) is 5.37. The highest BCUT2D eigenvalue weighted by molar-refractivity contribution is 5.94. The molecule has 1 fully saturated rings. The van der Waals surface area contributed by atoms with Gasteiger partial charge in [0.1, 0.15) is 5.82 Å². The highest BCUT2D eigenvalue weighted by atomic mass is 19.1. The van der Waals surface area contributed by atoms with Crippen LogP contribution in [-0.2, 0) is 0 Å². The van der Waals surface area contributed by atoms with Gasteiger partial charge in [0.15, 0.2) is 0 Å². The molecule has 1 aromatic carbocycles. The van der Waals surface area contributed by atoms with E-state index >= 15 is 0 Å². The lowest BCUT2D eigenvalue weighted by Crippen LogP contribution is -2.26. The highest BCUT2D eigenvalue weighted by Crippen LogP contribution is 2.24. The molecule has 0 heterocycles. The van der Waals surface area contributed by atoms with Crippen molar-refractivity contribution in [1.82, 2.24) is 5.32 Å². The lowest BCUT2D eigenvalue weighted by molar-refractivity contribution is 0.0947. The third kappa shape index (κ3) is 4.34. The molecule has 3 heteroatoms. The molecule has 0 aliphatic heterocycles. The van der Waals surface area contributed by atoms with Crippen molar-refractivity contribution in [2.45, 2.75) is 44.9 Å². The zero-order chi connectivity index (χ0) is 13.5. The normalized spacial score (nSPS) is 16.9. The van der Waals surface area contributed by atoms with Gasteiger partial charge in [0.2, 0.25) is 0 Å². The van der Waals surface area contributed by atoms with Crippen LogP contribution in [-0.4, -0.2) is 12.5 Å². The number of amides is 1. The Labute approximate surface area is 114 Å². The molecule has 0 saturated heterocycles. The van der Waals surface area contributed by atoms with Gasteiger partial charge in [-0.1, -0.05) is 50.7 Å². The molecule has 1 saturated carbocycles. The van der Waals surface area contributed by atoms with E-state index < -0.39 is 5.82 Å². The summed E-state index contributed by atoms with van der Waals surface area (Å²) in [7, 11) is 0. The Morgan fingerprint density at radius 3 is 2.53 bits per heavy atom. The number of hydrogen-bond donors (Lipinski definition) is 1. The zero-order valence-electron chi connectivity index (χ0n) is 11.3. The summed E-state index contributed by atoms with van der Waals surface area (Å²) >= 11 is 0. The van der Waals surface area contributed by atoms with Gasteiger partial charge in [0, 0.05) is 6.54 Å². The number of halogens is 1. The van der Waals surface area contributed by atoms with Gasteiger partial charge >= 0.3 is 0 Å². The maximum absolute atomic E-state index is 13.4. The summed E-state index contributed by atoms with van der Waals surface area (Å²) < 4.78 is 13.4. The predicted molar refractivity (Wildman–Crippen MR) is 74.5 cm³/mol. The van der Waals surface area contributed by atoms with Gasteiger partial charge in [-0.05, 0) is 24.5 Å². The number of nitrogens with one attached hydrogen (secondary N) is 1. The fourth-order valence-corrected chi connectivity index (χ4v) is 2.78. The predicted octanol–water partition coefficient (Wildman–Crippen LogP) is 3.92. The molecule has 0 radical (unpaired) electrons. The Morgan fingerprint density at radius 1 is 1.16 bits per heavy atom. The lowest BCUT2D eigenvalue weighted by atomic mass is 9.97. The van der Waals surface area contributed by atoms with Crippen LogP contribution in [0.5, 0.6) is 0 Å². The fourth-order valence-electron chi connectivity index (χ4n) is 2.78. The van der Waals surface area contributed by atoms with E-state index in [4.69, 9.17) is 0 Å². The summed E-state index contributed by atoms with van der Waals surface area (Å²) in [6, 6.07) is 6.12. The number of rotatable bonds is 4. The summed E-state index contributed by atoms with van der Waals surface area (Å²) in [5.74, 6) is -0.0235. The van der Waals surface area contributed by atoms with Crippen LogP contribution in [0.3, 0.4) is 0 Å². The van der Waals surface area contributed by atoms with Crippen molar-refractivity contribution >= 4 is 5.91 Å². The van der Waals surface area contributed by atoms with Crippen LogP contribution in [0.15, 0.2) is 24.3 Å². The van der Waals surface area contributed by atoms with E-state index in [1.54, 1.807) is 12.1 Å². The monoisotopic (exact) mass is 263 g/mol. The van der Waals surface area contributed by atoms with Crippen molar-refractivity contribution in [3.05, 3.63) is 35.6 Å². The van der Waals surface area contributed by atoms with E-state index in [2.05, 4.69) is 5.32 Å². The number of hydrogen-bond acceptors (Lipinski definition) is 1. The number of benzene rings is 1. The molecule has 0 bridgehead atoms. The highest BCUT2D eigenvalue weighted by Gasteiger charge is 2.14. The average Bonchev–Trinajstić information content (AvgIpc) is 2.68. The molecule has 1 N–H and O–H groups in total. The Hall–Kier alpha value is -1.38. The number of carbonyl (C=O) groups is 1. The van der Waals surface area contributed by atoms with Gasteiger partial charge in [-0.2, -0.15) is 0 Å². The third-order valence-electron chi connectivity index (χ3n) is 3.93. The van der Waals surface area contributed by atoms with Gasteiger partial charge in [0.25, 0.3) is 5.91 Å². The minimum Gasteiger partial charge on any atom is -0.352 e. The molecule has 19 heavy (non-hydrogen) atoms. The molecular weight excluding hydrogens is 241 g/mol.